The Labute approximate surface area is 136 Å². The van der Waals surface area contributed by atoms with Crippen molar-refractivity contribution in [3.63, 3.8) is 0 Å². The Kier molecular flexibility index (Phi) is 5.62. The zero-order valence-corrected chi connectivity index (χ0v) is 14.0. The Morgan fingerprint density at radius 3 is 2.91 bits per heavy atom. The molecular weight excluding hydrogens is 290 g/mol. The molecular formula is C17H25N5O. The number of hydrogen-bond acceptors (Lipinski definition) is 3. The first-order chi connectivity index (χ1) is 11.0. The number of benzene rings is 1. The molecule has 124 valence electrons. The fraction of sp³-hybridized carbons (Fsp3) is 0.412. The quantitative estimate of drug-likeness (QED) is 0.331. The molecule has 2 rings (SSSR count). The molecule has 0 fully saturated rings. The first-order valence-corrected chi connectivity index (χ1v) is 7.91. The fourth-order valence-corrected chi connectivity index (χ4v) is 2.46. The molecule has 0 unspecified atom stereocenters. The van der Waals surface area contributed by atoms with Crippen LogP contribution in [0.15, 0.2) is 28.5 Å². The molecule has 0 aliphatic carbocycles. The maximum Gasteiger partial charge on any atom is 0.216 e. The molecule has 0 amide bonds. The van der Waals surface area contributed by atoms with Crippen molar-refractivity contribution in [2.24, 2.45) is 15.9 Å². The predicted octanol–water partition coefficient (Wildman–Crippen LogP) is 2.95. The van der Waals surface area contributed by atoms with Gasteiger partial charge in [0.15, 0.2) is 0 Å². The lowest BCUT2D eigenvalue weighted by Crippen LogP contribution is -2.34. The van der Waals surface area contributed by atoms with E-state index in [9.17, 15) is 5.11 Å². The number of phenols is 1. The van der Waals surface area contributed by atoms with Gasteiger partial charge in [-0.3, -0.25) is 0 Å². The molecule has 0 aliphatic heterocycles. The molecule has 0 radical (unpaired) electrons. The molecule has 0 saturated heterocycles. The van der Waals surface area contributed by atoms with E-state index in [1.807, 2.05) is 25.1 Å². The molecule has 4 N–H and O–H groups in total. The Bertz CT molecular complexity index is 717. The SMILES string of the molecule is CCCCCN(C)/C(N)=N\N=Cc1c[nH]c2c(C)cc(O)cc12. The number of unbranched alkanes of at least 4 members (excludes halogenated alkanes) is 2. The zero-order valence-electron chi connectivity index (χ0n) is 14.0. The van der Waals surface area contributed by atoms with E-state index in [0.29, 0.717) is 5.96 Å². The van der Waals surface area contributed by atoms with Crippen molar-refractivity contribution in [3.05, 3.63) is 29.5 Å². The summed E-state index contributed by atoms with van der Waals surface area (Å²) in [5.41, 5.74) is 8.75. The Morgan fingerprint density at radius 2 is 2.17 bits per heavy atom. The second kappa shape index (κ2) is 7.67. The van der Waals surface area contributed by atoms with Gasteiger partial charge in [0.2, 0.25) is 5.96 Å². The number of aromatic hydroxyl groups is 1. The van der Waals surface area contributed by atoms with Gasteiger partial charge >= 0.3 is 0 Å². The molecule has 2 aromatic rings. The molecule has 1 aromatic heterocycles. The van der Waals surface area contributed by atoms with Crippen LogP contribution in [-0.2, 0) is 0 Å². The van der Waals surface area contributed by atoms with Crippen molar-refractivity contribution in [1.29, 1.82) is 0 Å². The lowest BCUT2D eigenvalue weighted by Gasteiger charge is -2.16. The van der Waals surface area contributed by atoms with E-state index in [1.165, 1.54) is 12.8 Å². The van der Waals surface area contributed by atoms with E-state index >= 15 is 0 Å². The number of rotatable bonds is 6. The van der Waals surface area contributed by atoms with Crippen LogP contribution in [-0.4, -0.2) is 40.8 Å². The predicted molar refractivity (Wildman–Crippen MR) is 96.1 cm³/mol. The number of aromatic amines is 1. The molecule has 0 spiro atoms. The molecule has 6 heteroatoms. The molecule has 6 nitrogen and oxygen atoms in total. The highest BCUT2D eigenvalue weighted by Crippen LogP contribution is 2.25. The topological polar surface area (TPSA) is 90.0 Å². The van der Waals surface area contributed by atoms with Crippen LogP contribution < -0.4 is 5.73 Å². The summed E-state index contributed by atoms with van der Waals surface area (Å²) in [7, 11) is 1.91. The van der Waals surface area contributed by atoms with Gasteiger partial charge in [-0.1, -0.05) is 19.8 Å². The minimum atomic E-state index is 0.239. The maximum absolute atomic E-state index is 9.73. The van der Waals surface area contributed by atoms with Crippen molar-refractivity contribution in [3.8, 4) is 5.75 Å². The van der Waals surface area contributed by atoms with Gasteiger partial charge in [0.25, 0.3) is 0 Å². The number of aromatic nitrogens is 1. The van der Waals surface area contributed by atoms with Crippen LogP contribution >= 0.6 is 0 Å². The van der Waals surface area contributed by atoms with Crippen LogP contribution in [0.4, 0.5) is 0 Å². The number of fused-ring (bicyclic) bond motifs is 1. The number of hydrogen-bond donors (Lipinski definition) is 3. The molecule has 23 heavy (non-hydrogen) atoms. The minimum Gasteiger partial charge on any atom is -0.508 e. The Morgan fingerprint density at radius 1 is 1.39 bits per heavy atom. The lowest BCUT2D eigenvalue weighted by atomic mass is 10.1. The summed E-state index contributed by atoms with van der Waals surface area (Å²) in [5, 5.41) is 18.8. The van der Waals surface area contributed by atoms with Crippen LogP contribution in [0.2, 0.25) is 0 Å². The number of H-pyrrole nitrogens is 1. The maximum atomic E-state index is 9.73. The summed E-state index contributed by atoms with van der Waals surface area (Å²) in [6.45, 7) is 4.99. The number of phenolic OH excluding ortho intramolecular Hbond substituents is 1. The van der Waals surface area contributed by atoms with Crippen molar-refractivity contribution in [2.75, 3.05) is 13.6 Å². The summed E-state index contributed by atoms with van der Waals surface area (Å²) in [4.78, 5) is 5.09. The van der Waals surface area contributed by atoms with Gasteiger partial charge in [-0.25, -0.2) is 0 Å². The van der Waals surface area contributed by atoms with Gasteiger partial charge < -0.3 is 20.7 Å². The van der Waals surface area contributed by atoms with E-state index in [0.717, 1.165) is 35.0 Å². The average molecular weight is 315 g/mol. The van der Waals surface area contributed by atoms with Gasteiger partial charge in [0, 0.05) is 36.3 Å². The number of guanidine groups is 1. The largest absolute Gasteiger partial charge is 0.508 e. The van der Waals surface area contributed by atoms with Crippen LogP contribution in [0.5, 0.6) is 5.75 Å². The van der Waals surface area contributed by atoms with E-state index in [-0.39, 0.29) is 5.75 Å². The first kappa shape index (κ1) is 16.9. The summed E-state index contributed by atoms with van der Waals surface area (Å²) in [6.07, 6.45) is 6.94. The smallest absolute Gasteiger partial charge is 0.216 e. The van der Waals surface area contributed by atoms with Gasteiger partial charge in [0.05, 0.1) is 6.21 Å². The van der Waals surface area contributed by atoms with Crippen molar-refractivity contribution in [2.45, 2.75) is 33.1 Å². The normalized spacial score (nSPS) is 12.4. The van der Waals surface area contributed by atoms with Crippen LogP contribution in [0.25, 0.3) is 10.9 Å². The first-order valence-electron chi connectivity index (χ1n) is 7.91. The number of aryl methyl sites for hydroxylation is 1. The summed E-state index contributed by atoms with van der Waals surface area (Å²) >= 11 is 0. The molecule has 1 heterocycles. The van der Waals surface area contributed by atoms with Crippen LogP contribution in [0, 0.1) is 6.92 Å². The summed E-state index contributed by atoms with van der Waals surface area (Å²) < 4.78 is 0. The van der Waals surface area contributed by atoms with E-state index in [2.05, 4.69) is 22.1 Å². The van der Waals surface area contributed by atoms with Gasteiger partial charge in [-0.05, 0) is 31.0 Å². The van der Waals surface area contributed by atoms with Gasteiger partial charge in [-0.15, -0.1) is 5.10 Å². The fourth-order valence-electron chi connectivity index (χ4n) is 2.46. The summed E-state index contributed by atoms with van der Waals surface area (Å²) in [5.74, 6) is 0.638. The van der Waals surface area contributed by atoms with Gasteiger partial charge in [-0.2, -0.15) is 5.10 Å². The van der Waals surface area contributed by atoms with Gasteiger partial charge in [0.1, 0.15) is 5.75 Å². The highest BCUT2D eigenvalue weighted by atomic mass is 16.3. The molecule has 0 atom stereocenters. The minimum absolute atomic E-state index is 0.239. The number of nitrogens with two attached hydrogens (primary N) is 1. The van der Waals surface area contributed by atoms with Crippen LogP contribution in [0.1, 0.15) is 37.3 Å². The van der Waals surface area contributed by atoms with E-state index in [4.69, 9.17) is 5.73 Å². The standard InChI is InChI=1S/C17H25N5O/c1-4-5-6-7-22(3)17(18)21-20-11-13-10-19-16-12(2)8-14(23)9-15(13)16/h8-11,19,23H,4-7H2,1-3H3,(H2,18,21). The van der Waals surface area contributed by atoms with Crippen LogP contribution in [0.3, 0.4) is 0 Å². The molecule has 0 bridgehead atoms. The Hall–Kier alpha value is -2.50. The van der Waals surface area contributed by atoms with E-state index in [1.54, 1.807) is 18.3 Å². The highest BCUT2D eigenvalue weighted by molar-refractivity contribution is 6.00. The molecule has 0 saturated carbocycles. The third-order valence-corrected chi connectivity index (χ3v) is 3.85. The zero-order chi connectivity index (χ0) is 16.8. The molecule has 1 aromatic carbocycles. The van der Waals surface area contributed by atoms with Crippen molar-refractivity contribution >= 4 is 23.1 Å². The average Bonchev–Trinajstić information content (AvgIpc) is 2.90. The monoisotopic (exact) mass is 315 g/mol. The lowest BCUT2D eigenvalue weighted by molar-refractivity contribution is 0.470. The number of nitrogens with one attached hydrogen (secondary N) is 1. The second-order valence-electron chi connectivity index (χ2n) is 5.76. The number of nitrogens with zero attached hydrogens (tertiary/aromatic N) is 3. The second-order valence-corrected chi connectivity index (χ2v) is 5.76. The highest BCUT2D eigenvalue weighted by Gasteiger charge is 2.06. The third-order valence-electron chi connectivity index (χ3n) is 3.85. The Balaban J connectivity index is 2.09. The summed E-state index contributed by atoms with van der Waals surface area (Å²) in [6, 6.07) is 3.44. The van der Waals surface area contributed by atoms with E-state index < -0.39 is 0 Å². The van der Waals surface area contributed by atoms with Crippen molar-refractivity contribution < 1.29 is 5.11 Å². The van der Waals surface area contributed by atoms with Crippen molar-refractivity contribution in [1.82, 2.24) is 9.88 Å². The molecule has 0 aliphatic rings. The third kappa shape index (κ3) is 4.25.